The Kier molecular flexibility index (Phi) is 2.82. The zero-order valence-corrected chi connectivity index (χ0v) is 9.03. The Morgan fingerprint density at radius 1 is 1.36 bits per heavy atom. The van der Waals surface area contributed by atoms with E-state index in [-0.39, 0.29) is 12.2 Å². The second-order valence-electron chi connectivity index (χ2n) is 4.76. The zero-order chi connectivity index (χ0) is 10.2. The van der Waals surface area contributed by atoms with Crippen LogP contribution in [0.5, 0.6) is 0 Å². The van der Waals surface area contributed by atoms with Crippen molar-refractivity contribution in [2.75, 3.05) is 7.11 Å². The standard InChI is InChI=1S/C11H20O3/c1-11(12)7-8-9(13-2)5-3-4-6-10(8)14-11/h8-10,12H,3-7H2,1-2H3/t8-,9+,10+,11+/m0/s1. The average Bonchev–Trinajstić information content (AvgIpc) is 2.29. The fourth-order valence-electron chi connectivity index (χ4n) is 2.87. The van der Waals surface area contributed by atoms with Crippen molar-refractivity contribution in [2.24, 2.45) is 5.92 Å². The van der Waals surface area contributed by atoms with Crippen LogP contribution in [0.25, 0.3) is 0 Å². The summed E-state index contributed by atoms with van der Waals surface area (Å²) in [6.07, 6.45) is 5.79. The molecule has 0 radical (unpaired) electrons. The fourth-order valence-corrected chi connectivity index (χ4v) is 2.87. The molecule has 2 rings (SSSR count). The van der Waals surface area contributed by atoms with Crippen molar-refractivity contribution >= 4 is 0 Å². The van der Waals surface area contributed by atoms with Crippen molar-refractivity contribution in [3.8, 4) is 0 Å². The number of ether oxygens (including phenoxy) is 2. The summed E-state index contributed by atoms with van der Waals surface area (Å²) in [6, 6.07) is 0. The molecule has 0 spiro atoms. The quantitative estimate of drug-likeness (QED) is 0.700. The summed E-state index contributed by atoms with van der Waals surface area (Å²) in [6.45, 7) is 1.76. The van der Waals surface area contributed by atoms with Gasteiger partial charge in [-0.1, -0.05) is 12.8 Å². The minimum atomic E-state index is -0.927. The molecule has 1 heterocycles. The lowest BCUT2D eigenvalue weighted by molar-refractivity contribution is -0.179. The number of fused-ring (bicyclic) bond motifs is 1. The van der Waals surface area contributed by atoms with Crippen LogP contribution in [0.15, 0.2) is 0 Å². The summed E-state index contributed by atoms with van der Waals surface area (Å²) >= 11 is 0. The highest BCUT2D eigenvalue weighted by atomic mass is 16.6. The lowest BCUT2D eigenvalue weighted by Gasteiger charge is -2.22. The van der Waals surface area contributed by atoms with E-state index in [0.29, 0.717) is 5.92 Å². The van der Waals surface area contributed by atoms with Gasteiger partial charge in [-0.2, -0.15) is 0 Å². The molecule has 0 unspecified atom stereocenters. The summed E-state index contributed by atoms with van der Waals surface area (Å²) in [5.74, 6) is -0.541. The molecule has 0 aromatic rings. The van der Waals surface area contributed by atoms with Crippen LogP contribution < -0.4 is 0 Å². The van der Waals surface area contributed by atoms with Crippen molar-refractivity contribution in [2.45, 2.75) is 57.0 Å². The van der Waals surface area contributed by atoms with E-state index >= 15 is 0 Å². The molecule has 2 aliphatic rings. The first-order valence-corrected chi connectivity index (χ1v) is 5.55. The lowest BCUT2D eigenvalue weighted by Crippen LogP contribution is -2.27. The van der Waals surface area contributed by atoms with E-state index in [1.54, 1.807) is 14.0 Å². The Labute approximate surface area is 85.4 Å². The van der Waals surface area contributed by atoms with Crippen molar-refractivity contribution in [3.05, 3.63) is 0 Å². The molecule has 1 aliphatic heterocycles. The van der Waals surface area contributed by atoms with Gasteiger partial charge in [0.2, 0.25) is 0 Å². The molecule has 1 saturated carbocycles. The maximum Gasteiger partial charge on any atom is 0.163 e. The molecule has 82 valence electrons. The second kappa shape index (κ2) is 3.80. The Bertz CT molecular complexity index is 203. The molecule has 14 heavy (non-hydrogen) atoms. The molecule has 0 aromatic heterocycles. The first-order chi connectivity index (χ1) is 6.62. The van der Waals surface area contributed by atoms with Gasteiger partial charge in [0.15, 0.2) is 5.79 Å². The number of rotatable bonds is 1. The average molecular weight is 200 g/mol. The number of hydrogen-bond donors (Lipinski definition) is 1. The SMILES string of the molecule is CO[C@@H]1CCCC[C@H]2O[C@@](C)(O)C[C@@H]12. The van der Waals surface area contributed by atoms with Crippen LogP contribution in [0.3, 0.4) is 0 Å². The minimum Gasteiger partial charge on any atom is -0.381 e. The summed E-state index contributed by atoms with van der Waals surface area (Å²) in [5.41, 5.74) is 0. The van der Waals surface area contributed by atoms with E-state index in [1.165, 1.54) is 12.8 Å². The molecule has 0 aromatic carbocycles. The van der Waals surface area contributed by atoms with Crippen LogP contribution in [-0.2, 0) is 9.47 Å². The molecule has 4 atom stereocenters. The molecule has 1 N–H and O–H groups in total. The second-order valence-corrected chi connectivity index (χ2v) is 4.76. The summed E-state index contributed by atoms with van der Waals surface area (Å²) in [7, 11) is 1.76. The largest absolute Gasteiger partial charge is 0.381 e. The Morgan fingerprint density at radius 3 is 2.79 bits per heavy atom. The van der Waals surface area contributed by atoms with Crippen molar-refractivity contribution in [1.29, 1.82) is 0 Å². The van der Waals surface area contributed by atoms with E-state index < -0.39 is 5.79 Å². The van der Waals surface area contributed by atoms with Gasteiger partial charge in [0.05, 0.1) is 12.2 Å². The smallest absolute Gasteiger partial charge is 0.163 e. The van der Waals surface area contributed by atoms with Gasteiger partial charge in [-0.25, -0.2) is 0 Å². The molecule has 1 saturated heterocycles. The van der Waals surface area contributed by atoms with Crippen molar-refractivity contribution < 1.29 is 14.6 Å². The predicted molar refractivity (Wildman–Crippen MR) is 52.9 cm³/mol. The Morgan fingerprint density at radius 2 is 2.07 bits per heavy atom. The molecule has 0 amide bonds. The molecule has 2 fully saturated rings. The van der Waals surface area contributed by atoms with E-state index in [4.69, 9.17) is 9.47 Å². The highest BCUT2D eigenvalue weighted by Crippen LogP contribution is 2.41. The summed E-state index contributed by atoms with van der Waals surface area (Å²) < 4.78 is 11.1. The number of hydrogen-bond acceptors (Lipinski definition) is 3. The van der Waals surface area contributed by atoms with Crippen LogP contribution in [0, 0.1) is 5.92 Å². The van der Waals surface area contributed by atoms with Crippen molar-refractivity contribution in [1.82, 2.24) is 0 Å². The molecular weight excluding hydrogens is 180 g/mol. The van der Waals surface area contributed by atoms with Gasteiger partial charge < -0.3 is 14.6 Å². The van der Waals surface area contributed by atoms with Gasteiger partial charge >= 0.3 is 0 Å². The van der Waals surface area contributed by atoms with Crippen LogP contribution in [0.1, 0.15) is 39.0 Å². The monoisotopic (exact) mass is 200 g/mol. The lowest BCUT2D eigenvalue weighted by atomic mass is 9.91. The number of methoxy groups -OCH3 is 1. The van der Waals surface area contributed by atoms with E-state index in [9.17, 15) is 5.11 Å². The van der Waals surface area contributed by atoms with E-state index in [1.807, 2.05) is 0 Å². The van der Waals surface area contributed by atoms with Crippen LogP contribution >= 0.6 is 0 Å². The maximum absolute atomic E-state index is 9.85. The van der Waals surface area contributed by atoms with Gasteiger partial charge in [-0.15, -0.1) is 0 Å². The Balaban J connectivity index is 2.10. The summed E-state index contributed by atoms with van der Waals surface area (Å²) in [4.78, 5) is 0. The van der Waals surface area contributed by atoms with Gasteiger partial charge in [0, 0.05) is 19.4 Å². The highest BCUT2D eigenvalue weighted by molar-refractivity contribution is 4.90. The van der Waals surface area contributed by atoms with Gasteiger partial charge in [0.25, 0.3) is 0 Å². The third-order valence-corrected chi connectivity index (χ3v) is 3.50. The highest BCUT2D eigenvalue weighted by Gasteiger charge is 2.46. The molecule has 3 heteroatoms. The molecule has 3 nitrogen and oxygen atoms in total. The van der Waals surface area contributed by atoms with Gasteiger partial charge in [-0.05, 0) is 19.8 Å². The van der Waals surface area contributed by atoms with Gasteiger partial charge in [0.1, 0.15) is 0 Å². The van der Waals surface area contributed by atoms with Crippen LogP contribution in [-0.4, -0.2) is 30.2 Å². The minimum absolute atomic E-state index is 0.206. The van der Waals surface area contributed by atoms with Gasteiger partial charge in [-0.3, -0.25) is 0 Å². The Hall–Kier alpha value is -0.120. The first kappa shape index (κ1) is 10.4. The molecule has 0 bridgehead atoms. The summed E-state index contributed by atoms with van der Waals surface area (Å²) in [5, 5.41) is 9.85. The van der Waals surface area contributed by atoms with Crippen LogP contribution in [0.4, 0.5) is 0 Å². The van der Waals surface area contributed by atoms with Crippen LogP contribution in [0.2, 0.25) is 0 Å². The van der Waals surface area contributed by atoms with E-state index in [0.717, 1.165) is 19.3 Å². The normalized spacial score (nSPS) is 48.6. The van der Waals surface area contributed by atoms with E-state index in [2.05, 4.69) is 0 Å². The topological polar surface area (TPSA) is 38.7 Å². The van der Waals surface area contributed by atoms with Crippen molar-refractivity contribution in [3.63, 3.8) is 0 Å². The molecule has 1 aliphatic carbocycles. The third kappa shape index (κ3) is 1.95. The number of aliphatic hydroxyl groups is 1. The zero-order valence-electron chi connectivity index (χ0n) is 9.03. The fraction of sp³-hybridized carbons (Fsp3) is 1.00. The predicted octanol–water partition coefficient (Wildman–Crippen LogP) is 1.69. The third-order valence-electron chi connectivity index (χ3n) is 3.50. The molecular formula is C11H20O3. The first-order valence-electron chi connectivity index (χ1n) is 5.55. The maximum atomic E-state index is 9.85.